The van der Waals surface area contributed by atoms with Gasteiger partial charge in [0.25, 0.3) is 0 Å². The third kappa shape index (κ3) is 7.91. The Kier molecular flexibility index (Phi) is 7.33. The lowest BCUT2D eigenvalue weighted by Gasteiger charge is -2.34. The summed E-state index contributed by atoms with van der Waals surface area (Å²) in [6.07, 6.45) is 7.01. The SMILES string of the molecule is CCCN1CCC(NC(C)CCCC(C)(C)O)CC1. The maximum atomic E-state index is 9.71. The van der Waals surface area contributed by atoms with Gasteiger partial charge < -0.3 is 15.3 Å². The largest absolute Gasteiger partial charge is 0.390 e. The van der Waals surface area contributed by atoms with E-state index < -0.39 is 5.60 Å². The van der Waals surface area contributed by atoms with Crippen LogP contribution >= 0.6 is 0 Å². The van der Waals surface area contributed by atoms with E-state index in [2.05, 4.69) is 24.1 Å². The minimum atomic E-state index is -0.509. The zero-order chi connectivity index (χ0) is 14.3. The minimum Gasteiger partial charge on any atom is -0.390 e. The monoisotopic (exact) mass is 270 g/mol. The molecule has 0 saturated carbocycles. The van der Waals surface area contributed by atoms with Crippen LogP contribution in [0.1, 0.15) is 66.2 Å². The summed E-state index contributed by atoms with van der Waals surface area (Å²) < 4.78 is 0. The lowest BCUT2D eigenvalue weighted by molar-refractivity contribution is 0.0672. The Hall–Kier alpha value is -0.120. The lowest BCUT2D eigenvalue weighted by atomic mass is 9.98. The zero-order valence-corrected chi connectivity index (χ0v) is 13.4. The van der Waals surface area contributed by atoms with E-state index in [4.69, 9.17) is 0 Å². The first kappa shape index (κ1) is 16.9. The van der Waals surface area contributed by atoms with E-state index in [0.717, 1.165) is 12.8 Å². The summed E-state index contributed by atoms with van der Waals surface area (Å²) in [5.41, 5.74) is -0.509. The standard InChI is InChI=1S/C16H34N2O/c1-5-11-18-12-8-15(9-13-18)17-14(2)7-6-10-16(3,4)19/h14-15,17,19H,5-13H2,1-4H3. The molecule has 1 aliphatic rings. The van der Waals surface area contributed by atoms with Crippen molar-refractivity contribution in [2.75, 3.05) is 19.6 Å². The van der Waals surface area contributed by atoms with Crippen molar-refractivity contribution in [2.45, 2.75) is 83.9 Å². The normalized spacial score (nSPS) is 20.7. The number of hydrogen-bond acceptors (Lipinski definition) is 3. The zero-order valence-electron chi connectivity index (χ0n) is 13.4. The fraction of sp³-hybridized carbons (Fsp3) is 1.00. The summed E-state index contributed by atoms with van der Waals surface area (Å²) in [4.78, 5) is 2.58. The molecule has 0 spiro atoms. The van der Waals surface area contributed by atoms with Gasteiger partial charge in [-0.15, -0.1) is 0 Å². The molecule has 1 heterocycles. The predicted molar refractivity (Wildman–Crippen MR) is 82.5 cm³/mol. The molecule has 114 valence electrons. The summed E-state index contributed by atoms with van der Waals surface area (Å²) in [6, 6.07) is 1.27. The molecule has 1 saturated heterocycles. The Morgan fingerprint density at radius 1 is 1.32 bits per heavy atom. The van der Waals surface area contributed by atoms with Gasteiger partial charge in [0.1, 0.15) is 0 Å². The fourth-order valence-corrected chi connectivity index (χ4v) is 2.97. The quantitative estimate of drug-likeness (QED) is 0.712. The molecule has 1 unspecified atom stereocenters. The maximum absolute atomic E-state index is 9.71. The van der Waals surface area contributed by atoms with Gasteiger partial charge in [-0.3, -0.25) is 0 Å². The average Bonchev–Trinajstić information content (AvgIpc) is 2.30. The maximum Gasteiger partial charge on any atom is 0.0591 e. The molecule has 0 amide bonds. The van der Waals surface area contributed by atoms with Crippen LogP contribution in [0.5, 0.6) is 0 Å². The molecule has 3 nitrogen and oxygen atoms in total. The van der Waals surface area contributed by atoms with Gasteiger partial charge in [0, 0.05) is 12.1 Å². The molecule has 1 atom stereocenters. The van der Waals surface area contributed by atoms with Crippen LogP contribution in [-0.2, 0) is 0 Å². The van der Waals surface area contributed by atoms with Crippen molar-refractivity contribution in [1.82, 2.24) is 10.2 Å². The highest BCUT2D eigenvalue weighted by Gasteiger charge is 2.20. The van der Waals surface area contributed by atoms with Gasteiger partial charge in [0.2, 0.25) is 0 Å². The average molecular weight is 270 g/mol. The van der Waals surface area contributed by atoms with Crippen molar-refractivity contribution in [3.8, 4) is 0 Å². The molecule has 3 heteroatoms. The second-order valence-electron chi connectivity index (χ2n) is 6.89. The second-order valence-corrected chi connectivity index (χ2v) is 6.89. The Labute approximate surface area is 119 Å². The van der Waals surface area contributed by atoms with Crippen molar-refractivity contribution < 1.29 is 5.11 Å². The van der Waals surface area contributed by atoms with Crippen LogP contribution in [0.15, 0.2) is 0 Å². The highest BCUT2D eigenvalue weighted by atomic mass is 16.3. The van der Waals surface area contributed by atoms with E-state index in [1.165, 1.54) is 45.3 Å². The Morgan fingerprint density at radius 2 is 1.95 bits per heavy atom. The first-order valence-electron chi connectivity index (χ1n) is 8.11. The Bertz CT molecular complexity index is 229. The van der Waals surface area contributed by atoms with Crippen LogP contribution in [0.4, 0.5) is 0 Å². The minimum absolute atomic E-state index is 0.509. The van der Waals surface area contributed by atoms with Crippen molar-refractivity contribution >= 4 is 0 Å². The second kappa shape index (κ2) is 8.23. The molecule has 0 aliphatic carbocycles. The molecule has 1 rings (SSSR count). The van der Waals surface area contributed by atoms with Crippen molar-refractivity contribution in [3.05, 3.63) is 0 Å². The van der Waals surface area contributed by atoms with Gasteiger partial charge in [0.15, 0.2) is 0 Å². The predicted octanol–water partition coefficient (Wildman–Crippen LogP) is 2.78. The number of piperidine rings is 1. The number of nitrogens with zero attached hydrogens (tertiary/aromatic N) is 1. The first-order chi connectivity index (χ1) is 8.90. The van der Waals surface area contributed by atoms with Gasteiger partial charge in [-0.2, -0.15) is 0 Å². The first-order valence-corrected chi connectivity index (χ1v) is 8.11. The van der Waals surface area contributed by atoms with Crippen molar-refractivity contribution in [3.63, 3.8) is 0 Å². The van der Waals surface area contributed by atoms with Crippen LogP contribution in [-0.4, -0.2) is 47.3 Å². The van der Waals surface area contributed by atoms with Gasteiger partial charge >= 0.3 is 0 Å². The molecule has 0 aromatic rings. The van der Waals surface area contributed by atoms with Crippen LogP contribution in [0.2, 0.25) is 0 Å². The number of nitrogens with one attached hydrogen (secondary N) is 1. The molecule has 19 heavy (non-hydrogen) atoms. The summed E-state index contributed by atoms with van der Waals surface area (Å²) >= 11 is 0. The number of rotatable bonds is 8. The number of likely N-dealkylation sites (tertiary alicyclic amines) is 1. The van der Waals surface area contributed by atoms with Crippen LogP contribution in [0.25, 0.3) is 0 Å². The molecule has 1 aliphatic heterocycles. The van der Waals surface area contributed by atoms with E-state index >= 15 is 0 Å². The molecule has 0 aromatic carbocycles. The number of hydrogen-bond donors (Lipinski definition) is 2. The third-order valence-corrected chi connectivity index (χ3v) is 4.07. The summed E-state index contributed by atoms with van der Waals surface area (Å²) in [6.45, 7) is 12.1. The number of aliphatic hydroxyl groups is 1. The highest BCUT2D eigenvalue weighted by molar-refractivity contribution is 4.79. The van der Waals surface area contributed by atoms with Gasteiger partial charge in [-0.25, -0.2) is 0 Å². The van der Waals surface area contributed by atoms with E-state index in [1.807, 2.05) is 13.8 Å². The van der Waals surface area contributed by atoms with Gasteiger partial charge in [-0.1, -0.05) is 6.92 Å². The third-order valence-electron chi connectivity index (χ3n) is 4.07. The fourth-order valence-electron chi connectivity index (χ4n) is 2.97. The van der Waals surface area contributed by atoms with Gasteiger partial charge in [-0.05, 0) is 78.9 Å². The van der Waals surface area contributed by atoms with Crippen LogP contribution in [0.3, 0.4) is 0 Å². The Morgan fingerprint density at radius 3 is 2.47 bits per heavy atom. The van der Waals surface area contributed by atoms with Crippen LogP contribution in [0, 0.1) is 0 Å². The van der Waals surface area contributed by atoms with Crippen molar-refractivity contribution in [1.29, 1.82) is 0 Å². The van der Waals surface area contributed by atoms with Crippen molar-refractivity contribution in [2.24, 2.45) is 0 Å². The Balaban J connectivity index is 2.11. The molecule has 0 radical (unpaired) electrons. The van der Waals surface area contributed by atoms with E-state index in [-0.39, 0.29) is 0 Å². The summed E-state index contributed by atoms with van der Waals surface area (Å²) in [7, 11) is 0. The smallest absolute Gasteiger partial charge is 0.0591 e. The van der Waals surface area contributed by atoms with Gasteiger partial charge in [0.05, 0.1) is 5.60 Å². The van der Waals surface area contributed by atoms with E-state index in [9.17, 15) is 5.11 Å². The van der Waals surface area contributed by atoms with Crippen LogP contribution < -0.4 is 5.32 Å². The molecular formula is C16H34N2O. The summed E-state index contributed by atoms with van der Waals surface area (Å²) in [5.74, 6) is 0. The molecule has 0 bridgehead atoms. The lowest BCUT2D eigenvalue weighted by Crippen LogP contribution is -2.45. The molecule has 2 N–H and O–H groups in total. The summed E-state index contributed by atoms with van der Waals surface area (Å²) in [5, 5.41) is 13.5. The molecular weight excluding hydrogens is 236 g/mol. The molecule has 0 aromatic heterocycles. The molecule has 1 fully saturated rings. The topological polar surface area (TPSA) is 35.5 Å². The van der Waals surface area contributed by atoms with E-state index in [1.54, 1.807) is 0 Å². The van der Waals surface area contributed by atoms with E-state index in [0.29, 0.717) is 12.1 Å². The highest BCUT2D eigenvalue weighted by Crippen LogP contribution is 2.15.